The third-order valence-corrected chi connectivity index (χ3v) is 3.29. The SMILES string of the molecule is COC(=O)c1cccc2c3c([nH]c12)CCNC3.Cl. The van der Waals surface area contributed by atoms with Crippen LogP contribution in [0.2, 0.25) is 0 Å². The van der Waals surface area contributed by atoms with Gasteiger partial charge in [0.15, 0.2) is 0 Å². The molecule has 1 aliphatic rings. The summed E-state index contributed by atoms with van der Waals surface area (Å²) in [5, 5.41) is 4.47. The topological polar surface area (TPSA) is 54.1 Å². The van der Waals surface area contributed by atoms with Crippen molar-refractivity contribution in [1.29, 1.82) is 0 Å². The van der Waals surface area contributed by atoms with Crippen LogP contribution in [0.3, 0.4) is 0 Å². The summed E-state index contributed by atoms with van der Waals surface area (Å²) in [6.07, 6.45) is 0.977. The van der Waals surface area contributed by atoms with E-state index in [2.05, 4.69) is 10.3 Å². The number of methoxy groups -OCH3 is 1. The molecule has 0 fully saturated rings. The lowest BCUT2D eigenvalue weighted by molar-refractivity contribution is 0.0603. The Morgan fingerprint density at radius 2 is 2.22 bits per heavy atom. The van der Waals surface area contributed by atoms with Gasteiger partial charge in [0.05, 0.1) is 18.2 Å². The van der Waals surface area contributed by atoms with E-state index >= 15 is 0 Å². The number of rotatable bonds is 1. The molecule has 0 saturated carbocycles. The second kappa shape index (κ2) is 5.00. The molecular formula is C13H15ClN2O2. The molecule has 1 aromatic heterocycles. The van der Waals surface area contributed by atoms with Gasteiger partial charge in [0.2, 0.25) is 0 Å². The Morgan fingerprint density at radius 1 is 1.39 bits per heavy atom. The molecule has 5 heteroatoms. The average molecular weight is 267 g/mol. The maximum Gasteiger partial charge on any atom is 0.339 e. The van der Waals surface area contributed by atoms with Crippen molar-refractivity contribution in [1.82, 2.24) is 10.3 Å². The number of hydrogen-bond acceptors (Lipinski definition) is 3. The first-order chi connectivity index (χ1) is 8.31. The number of ether oxygens (including phenoxy) is 1. The van der Waals surface area contributed by atoms with E-state index in [9.17, 15) is 4.79 Å². The minimum atomic E-state index is -0.290. The van der Waals surface area contributed by atoms with Crippen LogP contribution in [0.15, 0.2) is 18.2 Å². The van der Waals surface area contributed by atoms with E-state index in [0.717, 1.165) is 30.4 Å². The molecule has 2 heterocycles. The molecule has 96 valence electrons. The van der Waals surface area contributed by atoms with Crippen LogP contribution in [0.1, 0.15) is 21.6 Å². The van der Waals surface area contributed by atoms with E-state index in [0.29, 0.717) is 5.56 Å². The highest BCUT2D eigenvalue weighted by molar-refractivity contribution is 6.04. The fourth-order valence-corrected chi connectivity index (χ4v) is 2.45. The standard InChI is InChI=1S/C13H14N2O2.ClH/c1-17-13(16)9-4-2-3-8-10-7-14-6-5-11(10)15-12(8)9;/h2-4,14-15H,5-7H2,1H3;1H. The molecular weight excluding hydrogens is 252 g/mol. The van der Waals surface area contributed by atoms with Crippen molar-refractivity contribution < 1.29 is 9.53 Å². The number of para-hydroxylation sites is 1. The lowest BCUT2D eigenvalue weighted by Crippen LogP contribution is -2.22. The van der Waals surface area contributed by atoms with Crippen molar-refractivity contribution >= 4 is 29.3 Å². The van der Waals surface area contributed by atoms with Crippen molar-refractivity contribution in [2.45, 2.75) is 13.0 Å². The monoisotopic (exact) mass is 266 g/mol. The molecule has 4 nitrogen and oxygen atoms in total. The maximum atomic E-state index is 11.7. The lowest BCUT2D eigenvalue weighted by atomic mass is 10.0. The molecule has 0 bridgehead atoms. The summed E-state index contributed by atoms with van der Waals surface area (Å²) in [5.41, 5.74) is 4.01. The van der Waals surface area contributed by atoms with Crippen molar-refractivity contribution in [2.24, 2.45) is 0 Å². The maximum absolute atomic E-state index is 11.7. The molecule has 0 saturated heterocycles. The summed E-state index contributed by atoms with van der Waals surface area (Å²) in [6, 6.07) is 5.74. The van der Waals surface area contributed by atoms with Crippen LogP contribution in [0.4, 0.5) is 0 Å². The average Bonchev–Trinajstić information content (AvgIpc) is 2.76. The Kier molecular flexibility index (Phi) is 3.59. The number of esters is 1. The molecule has 1 aromatic carbocycles. The fourth-order valence-electron chi connectivity index (χ4n) is 2.45. The van der Waals surface area contributed by atoms with E-state index in [1.807, 2.05) is 12.1 Å². The number of nitrogens with one attached hydrogen (secondary N) is 2. The number of carbonyl (C=O) groups excluding carboxylic acids is 1. The molecule has 0 radical (unpaired) electrons. The summed E-state index contributed by atoms with van der Waals surface area (Å²) in [7, 11) is 1.41. The Balaban J connectivity index is 0.00000120. The third-order valence-electron chi connectivity index (χ3n) is 3.29. The van der Waals surface area contributed by atoms with Crippen LogP contribution in [-0.4, -0.2) is 24.6 Å². The van der Waals surface area contributed by atoms with E-state index in [1.54, 1.807) is 6.07 Å². The highest BCUT2D eigenvalue weighted by Gasteiger charge is 2.18. The van der Waals surface area contributed by atoms with Crippen molar-refractivity contribution in [3.8, 4) is 0 Å². The van der Waals surface area contributed by atoms with Gasteiger partial charge in [0.1, 0.15) is 0 Å². The van der Waals surface area contributed by atoms with Crippen LogP contribution < -0.4 is 5.32 Å². The van der Waals surface area contributed by atoms with Gasteiger partial charge in [-0.2, -0.15) is 0 Å². The number of fused-ring (bicyclic) bond motifs is 3. The molecule has 0 unspecified atom stereocenters. The molecule has 1 aliphatic heterocycles. The second-order valence-corrected chi connectivity index (χ2v) is 4.23. The Morgan fingerprint density at radius 3 is 3.00 bits per heavy atom. The molecule has 2 N–H and O–H groups in total. The smallest absolute Gasteiger partial charge is 0.339 e. The van der Waals surface area contributed by atoms with E-state index in [1.165, 1.54) is 18.4 Å². The quantitative estimate of drug-likeness (QED) is 0.777. The highest BCUT2D eigenvalue weighted by Crippen LogP contribution is 2.27. The number of H-pyrrole nitrogens is 1. The number of carbonyl (C=O) groups is 1. The molecule has 3 rings (SSSR count). The van der Waals surface area contributed by atoms with Crippen LogP contribution in [0.25, 0.3) is 10.9 Å². The Bertz CT molecular complexity index is 592. The Labute approximate surface area is 111 Å². The lowest BCUT2D eigenvalue weighted by Gasteiger charge is -2.12. The van der Waals surface area contributed by atoms with Crippen LogP contribution in [-0.2, 0) is 17.7 Å². The summed E-state index contributed by atoms with van der Waals surface area (Å²) < 4.78 is 4.80. The molecule has 18 heavy (non-hydrogen) atoms. The summed E-state index contributed by atoms with van der Waals surface area (Å²) >= 11 is 0. The van der Waals surface area contributed by atoms with E-state index in [-0.39, 0.29) is 18.4 Å². The molecule has 0 aliphatic carbocycles. The van der Waals surface area contributed by atoms with Gasteiger partial charge in [-0.15, -0.1) is 12.4 Å². The minimum Gasteiger partial charge on any atom is -0.465 e. The largest absolute Gasteiger partial charge is 0.465 e. The third kappa shape index (κ3) is 1.87. The van der Waals surface area contributed by atoms with Gasteiger partial charge in [-0.3, -0.25) is 0 Å². The van der Waals surface area contributed by atoms with Gasteiger partial charge >= 0.3 is 5.97 Å². The number of benzene rings is 1. The van der Waals surface area contributed by atoms with Gasteiger partial charge in [0, 0.05) is 30.6 Å². The first kappa shape index (κ1) is 12.9. The summed E-state index contributed by atoms with van der Waals surface area (Å²) in [4.78, 5) is 15.0. The summed E-state index contributed by atoms with van der Waals surface area (Å²) in [6.45, 7) is 1.84. The van der Waals surface area contributed by atoms with Crippen LogP contribution in [0.5, 0.6) is 0 Å². The van der Waals surface area contributed by atoms with Gasteiger partial charge in [-0.25, -0.2) is 4.79 Å². The molecule has 0 amide bonds. The van der Waals surface area contributed by atoms with Crippen molar-refractivity contribution in [3.63, 3.8) is 0 Å². The van der Waals surface area contributed by atoms with Gasteiger partial charge in [-0.05, 0) is 11.6 Å². The zero-order chi connectivity index (χ0) is 11.8. The molecule has 0 atom stereocenters. The van der Waals surface area contributed by atoms with Crippen LogP contribution in [0, 0.1) is 0 Å². The van der Waals surface area contributed by atoms with E-state index in [4.69, 9.17) is 4.74 Å². The number of aromatic amines is 1. The van der Waals surface area contributed by atoms with Gasteiger partial charge in [-0.1, -0.05) is 12.1 Å². The predicted molar refractivity (Wildman–Crippen MR) is 72.3 cm³/mol. The normalized spacial score (nSPS) is 13.8. The Hall–Kier alpha value is -1.52. The summed E-state index contributed by atoms with van der Waals surface area (Å²) in [5.74, 6) is -0.290. The van der Waals surface area contributed by atoms with Crippen LogP contribution >= 0.6 is 12.4 Å². The van der Waals surface area contributed by atoms with Gasteiger partial charge in [0.25, 0.3) is 0 Å². The van der Waals surface area contributed by atoms with E-state index < -0.39 is 0 Å². The minimum absolute atomic E-state index is 0. The number of aromatic nitrogens is 1. The second-order valence-electron chi connectivity index (χ2n) is 4.23. The first-order valence-corrected chi connectivity index (χ1v) is 5.72. The molecule has 0 spiro atoms. The van der Waals surface area contributed by atoms with Crippen molar-refractivity contribution in [3.05, 3.63) is 35.0 Å². The first-order valence-electron chi connectivity index (χ1n) is 5.72. The predicted octanol–water partition coefficient (Wildman–Crippen LogP) is 2.02. The zero-order valence-electron chi connectivity index (χ0n) is 10.1. The highest BCUT2D eigenvalue weighted by atomic mass is 35.5. The van der Waals surface area contributed by atoms with Crippen molar-refractivity contribution in [2.75, 3.05) is 13.7 Å². The number of hydrogen-bond donors (Lipinski definition) is 2. The number of halogens is 1. The molecule has 2 aromatic rings. The van der Waals surface area contributed by atoms with Gasteiger partial charge < -0.3 is 15.0 Å². The fraction of sp³-hybridized carbons (Fsp3) is 0.308. The zero-order valence-corrected chi connectivity index (χ0v) is 10.9.